The molecule has 1 saturated carbocycles. The molecule has 3 rings (SSSR count). The van der Waals surface area contributed by atoms with E-state index >= 15 is 0 Å². The first kappa shape index (κ1) is 16.9. The molecule has 0 bridgehead atoms. The Labute approximate surface area is 141 Å². The molecule has 0 aromatic carbocycles. The van der Waals surface area contributed by atoms with Crippen LogP contribution in [0.2, 0.25) is 0 Å². The molecule has 2 aliphatic rings. The van der Waals surface area contributed by atoms with E-state index in [0.29, 0.717) is 17.6 Å². The highest BCUT2D eigenvalue weighted by Crippen LogP contribution is 2.46. The summed E-state index contributed by atoms with van der Waals surface area (Å²) in [5.74, 6) is 1.11. The van der Waals surface area contributed by atoms with E-state index in [-0.39, 0.29) is 11.6 Å². The zero-order valence-corrected chi connectivity index (χ0v) is 15.1. The lowest BCUT2D eigenvalue weighted by atomic mass is 9.72. The predicted octanol–water partition coefficient (Wildman–Crippen LogP) is 3.69. The summed E-state index contributed by atoms with van der Waals surface area (Å²) in [6.45, 7) is 10.5. The molecule has 0 radical (unpaired) electrons. The number of aromatic nitrogens is 3. The van der Waals surface area contributed by atoms with Gasteiger partial charge in [-0.15, -0.1) is 0 Å². The molecule has 1 aliphatic carbocycles. The summed E-state index contributed by atoms with van der Waals surface area (Å²) in [6.07, 6.45) is 1.27. The molecule has 2 heterocycles. The Morgan fingerprint density at radius 1 is 1.35 bits per heavy atom. The number of allylic oxidation sites excluding steroid dienone is 1. The third-order valence-electron chi connectivity index (χ3n) is 5.25. The van der Waals surface area contributed by atoms with Crippen LogP contribution in [0.15, 0.2) is 11.3 Å². The number of nitrogens with zero attached hydrogens (tertiary/aromatic N) is 2. The van der Waals surface area contributed by atoms with E-state index in [1.165, 1.54) is 0 Å². The van der Waals surface area contributed by atoms with Crippen LogP contribution in [0.25, 0.3) is 0 Å². The molecule has 126 valence electrons. The van der Waals surface area contributed by atoms with Crippen molar-refractivity contribution in [1.29, 1.82) is 0 Å². The lowest BCUT2D eigenvalue weighted by Crippen LogP contribution is -2.41. The fourth-order valence-electron chi connectivity index (χ4n) is 2.97. The van der Waals surface area contributed by atoms with Gasteiger partial charge in [0.1, 0.15) is 11.6 Å². The standard InChI is InChI=1S/C15H23BFN3O2S/c1-6-20-12(18-19-13(20)23)10-7-9(8-10)11(17)16-21-14(2,3)15(4,5)22-16/h10H,6-8H2,1-5H3,(H,19,23). The van der Waals surface area contributed by atoms with Crippen molar-refractivity contribution < 1.29 is 13.7 Å². The fourth-order valence-corrected chi connectivity index (χ4v) is 3.24. The van der Waals surface area contributed by atoms with Crippen LogP contribution in [0, 0.1) is 4.77 Å². The average molecular weight is 339 g/mol. The summed E-state index contributed by atoms with van der Waals surface area (Å²) in [6, 6.07) is 0. The Bertz CT molecular complexity index is 686. The molecular weight excluding hydrogens is 316 g/mol. The summed E-state index contributed by atoms with van der Waals surface area (Å²) in [4.78, 5) is 0. The predicted molar refractivity (Wildman–Crippen MR) is 89.3 cm³/mol. The minimum absolute atomic E-state index is 0.200. The molecule has 0 atom stereocenters. The third kappa shape index (κ3) is 2.70. The van der Waals surface area contributed by atoms with Gasteiger partial charge >= 0.3 is 7.12 Å². The highest BCUT2D eigenvalue weighted by atomic mass is 32.1. The first-order valence-corrected chi connectivity index (χ1v) is 8.45. The average Bonchev–Trinajstić information content (AvgIpc) is 2.85. The molecule has 1 aliphatic heterocycles. The number of hydrogen-bond donors (Lipinski definition) is 1. The van der Waals surface area contributed by atoms with Gasteiger partial charge in [-0.05, 0) is 65.3 Å². The largest absolute Gasteiger partial charge is 0.525 e. The summed E-state index contributed by atoms with van der Waals surface area (Å²) in [5, 5.41) is 7.10. The molecule has 1 aromatic rings. The second kappa shape index (κ2) is 5.53. The number of hydrogen-bond acceptors (Lipinski definition) is 4. The van der Waals surface area contributed by atoms with Crippen LogP contribution in [0.5, 0.6) is 0 Å². The Morgan fingerprint density at radius 3 is 2.43 bits per heavy atom. The van der Waals surface area contributed by atoms with Crippen LogP contribution in [0.1, 0.15) is 59.2 Å². The maximum atomic E-state index is 14.7. The molecule has 5 nitrogen and oxygen atoms in total. The van der Waals surface area contributed by atoms with Crippen LogP contribution in [-0.2, 0) is 15.9 Å². The fraction of sp³-hybridized carbons (Fsp3) is 0.733. The highest BCUT2D eigenvalue weighted by molar-refractivity contribution is 7.71. The van der Waals surface area contributed by atoms with E-state index in [4.69, 9.17) is 21.5 Å². The molecule has 23 heavy (non-hydrogen) atoms. The number of rotatable bonds is 3. The molecule has 0 amide bonds. The highest BCUT2D eigenvalue weighted by Gasteiger charge is 2.54. The second-order valence-electron chi connectivity index (χ2n) is 7.28. The van der Waals surface area contributed by atoms with Gasteiger partial charge in [0.15, 0.2) is 4.77 Å². The minimum atomic E-state index is -0.900. The van der Waals surface area contributed by atoms with Crippen molar-refractivity contribution in [2.24, 2.45) is 0 Å². The molecule has 1 saturated heterocycles. The van der Waals surface area contributed by atoms with Crippen molar-refractivity contribution in [3.8, 4) is 0 Å². The lowest BCUT2D eigenvalue weighted by molar-refractivity contribution is 0.00578. The summed E-state index contributed by atoms with van der Waals surface area (Å²) >= 11 is 5.20. The van der Waals surface area contributed by atoms with Gasteiger partial charge in [0.05, 0.1) is 11.2 Å². The van der Waals surface area contributed by atoms with Crippen molar-refractivity contribution >= 4 is 19.3 Å². The molecule has 0 spiro atoms. The van der Waals surface area contributed by atoms with Crippen LogP contribution in [0.3, 0.4) is 0 Å². The maximum Gasteiger partial charge on any atom is 0.525 e. The van der Waals surface area contributed by atoms with Crippen molar-refractivity contribution in [3.05, 3.63) is 21.9 Å². The Balaban J connectivity index is 1.73. The van der Waals surface area contributed by atoms with Gasteiger partial charge in [0.25, 0.3) is 0 Å². The molecule has 8 heteroatoms. The quantitative estimate of drug-likeness (QED) is 0.674. The topological polar surface area (TPSA) is 52.1 Å². The summed E-state index contributed by atoms with van der Waals surface area (Å²) in [7, 11) is -0.900. The monoisotopic (exact) mass is 339 g/mol. The van der Waals surface area contributed by atoms with Crippen LogP contribution in [0.4, 0.5) is 4.39 Å². The van der Waals surface area contributed by atoms with E-state index in [1.54, 1.807) is 0 Å². The molecule has 1 N–H and O–H groups in total. The van der Waals surface area contributed by atoms with Gasteiger partial charge in [0, 0.05) is 12.5 Å². The normalized spacial score (nSPS) is 25.6. The smallest absolute Gasteiger partial charge is 0.398 e. The molecule has 1 aromatic heterocycles. The van der Waals surface area contributed by atoms with Gasteiger partial charge in [-0.1, -0.05) is 0 Å². The molecular formula is C15H23BFN3O2S. The van der Waals surface area contributed by atoms with E-state index in [9.17, 15) is 4.39 Å². The van der Waals surface area contributed by atoms with E-state index < -0.39 is 18.3 Å². The maximum absolute atomic E-state index is 14.7. The van der Waals surface area contributed by atoms with E-state index in [1.807, 2.05) is 39.2 Å². The zero-order chi connectivity index (χ0) is 17.0. The van der Waals surface area contributed by atoms with Crippen LogP contribution >= 0.6 is 12.2 Å². The Hall–Kier alpha value is -0.985. The van der Waals surface area contributed by atoms with Gasteiger partial charge in [-0.2, -0.15) is 5.10 Å². The lowest BCUT2D eigenvalue weighted by Gasteiger charge is -2.32. The summed E-state index contributed by atoms with van der Waals surface area (Å²) < 4.78 is 28.8. The number of aromatic amines is 1. The van der Waals surface area contributed by atoms with E-state index in [2.05, 4.69) is 10.2 Å². The first-order valence-electron chi connectivity index (χ1n) is 8.04. The van der Waals surface area contributed by atoms with Crippen LogP contribution < -0.4 is 0 Å². The molecule has 2 fully saturated rings. The van der Waals surface area contributed by atoms with Crippen molar-refractivity contribution in [3.63, 3.8) is 0 Å². The first-order chi connectivity index (χ1) is 10.7. The van der Waals surface area contributed by atoms with Crippen molar-refractivity contribution in [1.82, 2.24) is 14.8 Å². The van der Waals surface area contributed by atoms with Crippen molar-refractivity contribution in [2.75, 3.05) is 0 Å². The van der Waals surface area contributed by atoms with Gasteiger partial charge in [-0.25, -0.2) is 4.39 Å². The minimum Gasteiger partial charge on any atom is -0.398 e. The molecule has 0 unspecified atom stereocenters. The second-order valence-corrected chi connectivity index (χ2v) is 7.66. The number of nitrogens with one attached hydrogen (secondary N) is 1. The van der Waals surface area contributed by atoms with E-state index in [0.717, 1.165) is 17.9 Å². The van der Waals surface area contributed by atoms with Crippen LogP contribution in [-0.4, -0.2) is 33.1 Å². The van der Waals surface area contributed by atoms with Gasteiger partial charge in [0.2, 0.25) is 0 Å². The SMILES string of the molecule is CCn1c(C2CC(=C(F)B3OC(C)(C)C(C)(C)O3)C2)n[nH]c1=S. The Kier molecular flexibility index (Phi) is 4.05. The van der Waals surface area contributed by atoms with Gasteiger partial charge in [-0.3, -0.25) is 5.10 Å². The number of halogens is 1. The third-order valence-corrected chi connectivity index (χ3v) is 5.56. The number of H-pyrrole nitrogens is 1. The summed E-state index contributed by atoms with van der Waals surface area (Å²) in [5.41, 5.74) is -0.575. The Morgan fingerprint density at radius 2 is 1.91 bits per heavy atom. The zero-order valence-electron chi connectivity index (χ0n) is 14.3. The van der Waals surface area contributed by atoms with Gasteiger partial charge < -0.3 is 13.9 Å². The van der Waals surface area contributed by atoms with Crippen molar-refractivity contribution in [2.45, 2.75) is 71.1 Å².